The van der Waals surface area contributed by atoms with E-state index in [1.165, 1.54) is 16.7 Å². The molecule has 1 atom stereocenters. The Morgan fingerprint density at radius 2 is 1.76 bits per heavy atom. The molecule has 0 saturated carbocycles. The first-order chi connectivity index (χ1) is 8.20. The number of hydrogen-bond acceptors (Lipinski definition) is 1. The second-order valence-corrected chi connectivity index (χ2v) is 5.40. The maximum atomic E-state index is 6.02. The smallest absolute Gasteiger partial charge is 0.116 e. The fraction of sp³-hybridized carbons (Fsp3) is 0.200. The molecule has 2 aromatic rings. The van der Waals surface area contributed by atoms with E-state index in [-0.39, 0.29) is 5.60 Å². The summed E-state index contributed by atoms with van der Waals surface area (Å²) in [5.41, 5.74) is 3.46. The molecule has 1 aliphatic heterocycles. The normalized spacial score (nSPS) is 22.5. The standard InChI is InChI=1S/C15H13BrO/c1-15(12-6-8-13(16)9-7-12)14-5-3-2-4-11(14)10-17-15/h2-9H,10H2,1H3. The molecule has 1 unspecified atom stereocenters. The highest BCUT2D eigenvalue weighted by molar-refractivity contribution is 9.10. The highest BCUT2D eigenvalue weighted by atomic mass is 79.9. The van der Waals surface area contributed by atoms with Gasteiger partial charge < -0.3 is 4.74 Å². The summed E-state index contributed by atoms with van der Waals surface area (Å²) in [6, 6.07) is 16.8. The van der Waals surface area contributed by atoms with Crippen LogP contribution in [0.2, 0.25) is 0 Å². The van der Waals surface area contributed by atoms with Crippen LogP contribution in [0.1, 0.15) is 23.6 Å². The summed E-state index contributed by atoms with van der Waals surface area (Å²) in [7, 11) is 0. The first kappa shape index (κ1) is 11.0. The molecule has 86 valence electrons. The Kier molecular flexibility index (Phi) is 2.57. The van der Waals surface area contributed by atoms with E-state index in [2.05, 4.69) is 71.4 Å². The number of rotatable bonds is 1. The van der Waals surface area contributed by atoms with Crippen molar-refractivity contribution in [1.82, 2.24) is 0 Å². The van der Waals surface area contributed by atoms with Crippen LogP contribution in [-0.2, 0) is 16.9 Å². The van der Waals surface area contributed by atoms with Crippen molar-refractivity contribution in [3.63, 3.8) is 0 Å². The number of fused-ring (bicyclic) bond motifs is 1. The molecular formula is C15H13BrO. The Bertz CT molecular complexity index is 547. The fourth-order valence-corrected chi connectivity index (χ4v) is 2.68. The molecule has 2 heteroatoms. The van der Waals surface area contributed by atoms with Crippen LogP contribution in [0.25, 0.3) is 0 Å². The van der Waals surface area contributed by atoms with Gasteiger partial charge in [-0.1, -0.05) is 52.3 Å². The summed E-state index contributed by atoms with van der Waals surface area (Å²) >= 11 is 3.46. The minimum Gasteiger partial charge on any atom is -0.361 e. The topological polar surface area (TPSA) is 9.23 Å². The molecule has 0 amide bonds. The molecule has 0 radical (unpaired) electrons. The lowest BCUT2D eigenvalue weighted by Gasteiger charge is -2.25. The highest BCUT2D eigenvalue weighted by Gasteiger charge is 2.36. The zero-order valence-electron chi connectivity index (χ0n) is 9.61. The van der Waals surface area contributed by atoms with E-state index in [9.17, 15) is 0 Å². The summed E-state index contributed by atoms with van der Waals surface area (Å²) < 4.78 is 7.12. The third-order valence-corrected chi connectivity index (χ3v) is 3.97. The lowest BCUT2D eigenvalue weighted by molar-refractivity contribution is 0.00970. The molecule has 1 nitrogen and oxygen atoms in total. The summed E-state index contributed by atoms with van der Waals surface area (Å²) in [6.07, 6.45) is 0. The van der Waals surface area contributed by atoms with Gasteiger partial charge in [-0.05, 0) is 35.7 Å². The summed E-state index contributed by atoms with van der Waals surface area (Å²) in [5.74, 6) is 0. The molecule has 3 rings (SSSR count). The van der Waals surface area contributed by atoms with Crippen LogP contribution < -0.4 is 0 Å². The summed E-state index contributed by atoms with van der Waals surface area (Å²) in [4.78, 5) is 0. The first-order valence-corrected chi connectivity index (χ1v) is 6.48. The Labute approximate surface area is 110 Å². The van der Waals surface area contributed by atoms with E-state index in [1.54, 1.807) is 0 Å². The third kappa shape index (κ3) is 1.72. The van der Waals surface area contributed by atoms with Crippen molar-refractivity contribution in [1.29, 1.82) is 0 Å². The van der Waals surface area contributed by atoms with E-state index in [0.29, 0.717) is 6.61 Å². The second kappa shape index (κ2) is 3.97. The van der Waals surface area contributed by atoms with Crippen LogP contribution in [0.5, 0.6) is 0 Å². The maximum absolute atomic E-state index is 6.02. The largest absolute Gasteiger partial charge is 0.361 e. The molecule has 0 spiro atoms. The van der Waals surface area contributed by atoms with Crippen LogP contribution in [0, 0.1) is 0 Å². The predicted octanol–water partition coefficient (Wildman–Crippen LogP) is 4.24. The molecule has 0 N–H and O–H groups in total. The molecule has 0 bridgehead atoms. The SMILES string of the molecule is CC1(c2ccc(Br)cc2)OCc2ccccc21. The average Bonchev–Trinajstić information content (AvgIpc) is 2.70. The lowest BCUT2D eigenvalue weighted by Crippen LogP contribution is -2.22. The second-order valence-electron chi connectivity index (χ2n) is 4.49. The minimum absolute atomic E-state index is 0.308. The van der Waals surface area contributed by atoms with E-state index < -0.39 is 0 Å². The quantitative estimate of drug-likeness (QED) is 0.763. The van der Waals surface area contributed by atoms with Crippen LogP contribution >= 0.6 is 15.9 Å². The Hall–Kier alpha value is -1.12. The van der Waals surface area contributed by atoms with E-state index in [0.717, 1.165) is 4.47 Å². The summed E-state index contributed by atoms with van der Waals surface area (Å²) in [5, 5.41) is 0. The van der Waals surface area contributed by atoms with Crippen molar-refractivity contribution in [3.8, 4) is 0 Å². The van der Waals surface area contributed by atoms with Crippen LogP contribution in [0.3, 0.4) is 0 Å². The van der Waals surface area contributed by atoms with E-state index >= 15 is 0 Å². The molecule has 0 aliphatic carbocycles. The minimum atomic E-state index is -0.308. The van der Waals surface area contributed by atoms with Crippen molar-refractivity contribution >= 4 is 15.9 Å². The zero-order chi connectivity index (χ0) is 11.9. The van der Waals surface area contributed by atoms with E-state index in [1.807, 2.05) is 0 Å². The molecule has 1 heterocycles. The van der Waals surface area contributed by atoms with Crippen LogP contribution in [0.4, 0.5) is 0 Å². The van der Waals surface area contributed by atoms with Gasteiger partial charge in [-0.15, -0.1) is 0 Å². The first-order valence-electron chi connectivity index (χ1n) is 5.68. The maximum Gasteiger partial charge on any atom is 0.116 e. The molecular weight excluding hydrogens is 276 g/mol. The van der Waals surface area contributed by atoms with Gasteiger partial charge in [0.2, 0.25) is 0 Å². The average molecular weight is 289 g/mol. The van der Waals surface area contributed by atoms with Gasteiger partial charge in [0.15, 0.2) is 0 Å². The highest BCUT2D eigenvalue weighted by Crippen LogP contribution is 2.41. The van der Waals surface area contributed by atoms with Gasteiger partial charge >= 0.3 is 0 Å². The number of ether oxygens (including phenoxy) is 1. The van der Waals surface area contributed by atoms with Gasteiger partial charge in [0, 0.05) is 4.47 Å². The monoisotopic (exact) mass is 288 g/mol. The molecule has 2 aromatic carbocycles. The van der Waals surface area contributed by atoms with Crippen LogP contribution in [-0.4, -0.2) is 0 Å². The van der Waals surface area contributed by atoms with Gasteiger partial charge in [-0.25, -0.2) is 0 Å². The molecule has 17 heavy (non-hydrogen) atoms. The van der Waals surface area contributed by atoms with Crippen molar-refractivity contribution in [2.45, 2.75) is 19.1 Å². The van der Waals surface area contributed by atoms with Gasteiger partial charge in [-0.3, -0.25) is 0 Å². The van der Waals surface area contributed by atoms with Gasteiger partial charge in [0.05, 0.1) is 6.61 Å². The Morgan fingerprint density at radius 1 is 1.06 bits per heavy atom. The number of halogens is 1. The van der Waals surface area contributed by atoms with Gasteiger partial charge in [0.25, 0.3) is 0 Å². The Balaban J connectivity index is 2.12. The molecule has 0 saturated heterocycles. The number of benzene rings is 2. The Morgan fingerprint density at radius 3 is 2.53 bits per heavy atom. The summed E-state index contributed by atoms with van der Waals surface area (Å²) in [6.45, 7) is 2.84. The van der Waals surface area contributed by atoms with E-state index in [4.69, 9.17) is 4.74 Å². The fourth-order valence-electron chi connectivity index (χ4n) is 2.42. The zero-order valence-corrected chi connectivity index (χ0v) is 11.2. The molecule has 0 fully saturated rings. The van der Waals surface area contributed by atoms with Crippen molar-refractivity contribution < 1.29 is 4.74 Å². The van der Waals surface area contributed by atoms with Crippen molar-refractivity contribution in [2.75, 3.05) is 0 Å². The molecule has 1 aliphatic rings. The number of hydrogen-bond donors (Lipinski definition) is 0. The van der Waals surface area contributed by atoms with Gasteiger partial charge in [0.1, 0.15) is 5.60 Å². The van der Waals surface area contributed by atoms with Crippen molar-refractivity contribution in [2.24, 2.45) is 0 Å². The van der Waals surface area contributed by atoms with Crippen LogP contribution in [0.15, 0.2) is 53.0 Å². The third-order valence-electron chi connectivity index (χ3n) is 3.44. The van der Waals surface area contributed by atoms with Gasteiger partial charge in [-0.2, -0.15) is 0 Å². The molecule has 0 aromatic heterocycles. The predicted molar refractivity (Wildman–Crippen MR) is 71.8 cm³/mol. The van der Waals surface area contributed by atoms with Crippen molar-refractivity contribution in [3.05, 3.63) is 69.7 Å². The lowest BCUT2D eigenvalue weighted by atomic mass is 9.87.